The maximum absolute atomic E-state index is 15.1. The van der Waals surface area contributed by atoms with Crippen molar-refractivity contribution in [3.8, 4) is 23.1 Å². The lowest BCUT2D eigenvalue weighted by Gasteiger charge is -2.18. The number of hydrogen-bond donors (Lipinski definition) is 1. The number of halogens is 1. The summed E-state index contributed by atoms with van der Waals surface area (Å²) in [7, 11) is 1.55. The van der Waals surface area contributed by atoms with E-state index in [0.717, 1.165) is 38.0 Å². The van der Waals surface area contributed by atoms with Crippen LogP contribution in [0.4, 0.5) is 4.39 Å². The highest BCUT2D eigenvalue weighted by Gasteiger charge is 2.16. The molecular weight excluding hydrogens is 475 g/mol. The number of ether oxygens (including phenoxy) is 3. The summed E-state index contributed by atoms with van der Waals surface area (Å²) in [5.41, 5.74) is 2.15. The van der Waals surface area contributed by atoms with Gasteiger partial charge in [-0.05, 0) is 64.3 Å². The maximum Gasteiger partial charge on any atom is 0.230 e. The number of H-pyrrole nitrogens is 1. The van der Waals surface area contributed by atoms with E-state index in [4.69, 9.17) is 14.2 Å². The number of methoxy groups -OCH3 is 1. The fourth-order valence-electron chi connectivity index (χ4n) is 4.34. The SMILES string of the molecule is CCN(CC)C(=O)CCCCCOc1cc2ncnc(Oc3ccc4[nH]c(C)cc4c3F)c2cc1OC. The minimum Gasteiger partial charge on any atom is -0.493 e. The highest BCUT2D eigenvalue weighted by atomic mass is 19.1. The van der Waals surface area contributed by atoms with Crippen LogP contribution in [0.25, 0.3) is 21.8 Å². The van der Waals surface area contributed by atoms with E-state index in [-0.39, 0.29) is 17.5 Å². The molecule has 4 aromatic rings. The zero-order valence-electron chi connectivity index (χ0n) is 21.8. The maximum atomic E-state index is 15.1. The van der Waals surface area contributed by atoms with Crippen molar-refractivity contribution in [3.05, 3.63) is 48.2 Å². The smallest absolute Gasteiger partial charge is 0.230 e. The van der Waals surface area contributed by atoms with Crippen molar-refractivity contribution < 1.29 is 23.4 Å². The Kier molecular flexibility index (Phi) is 8.43. The van der Waals surface area contributed by atoms with Crippen molar-refractivity contribution in [2.45, 2.75) is 46.5 Å². The Morgan fingerprint density at radius 3 is 2.57 bits per heavy atom. The Hall–Kier alpha value is -3.88. The minimum atomic E-state index is -0.459. The number of hydrogen-bond acceptors (Lipinski definition) is 6. The number of unbranched alkanes of at least 4 members (excludes halogenated alkanes) is 2. The van der Waals surface area contributed by atoms with Crippen LogP contribution in [0.15, 0.2) is 36.7 Å². The molecule has 196 valence electrons. The van der Waals surface area contributed by atoms with Crippen molar-refractivity contribution in [2.24, 2.45) is 0 Å². The second-order valence-corrected chi connectivity index (χ2v) is 8.82. The monoisotopic (exact) mass is 508 g/mol. The Morgan fingerprint density at radius 2 is 1.81 bits per heavy atom. The molecule has 2 aromatic heterocycles. The lowest BCUT2D eigenvalue weighted by Crippen LogP contribution is -2.30. The van der Waals surface area contributed by atoms with E-state index >= 15 is 4.39 Å². The third-order valence-corrected chi connectivity index (χ3v) is 6.34. The summed E-state index contributed by atoms with van der Waals surface area (Å²) >= 11 is 0. The van der Waals surface area contributed by atoms with Gasteiger partial charge in [0.15, 0.2) is 23.1 Å². The molecule has 0 saturated carbocycles. The van der Waals surface area contributed by atoms with Gasteiger partial charge in [-0.15, -0.1) is 0 Å². The number of aryl methyl sites for hydroxylation is 1. The average molecular weight is 509 g/mol. The number of aromatic amines is 1. The molecule has 0 bridgehead atoms. The molecule has 0 saturated heterocycles. The molecular formula is C28H33FN4O4. The molecule has 1 N–H and O–H groups in total. The minimum absolute atomic E-state index is 0.0743. The highest BCUT2D eigenvalue weighted by molar-refractivity contribution is 5.87. The van der Waals surface area contributed by atoms with Crippen LogP contribution < -0.4 is 14.2 Å². The Bertz CT molecular complexity index is 1380. The van der Waals surface area contributed by atoms with E-state index in [2.05, 4.69) is 15.0 Å². The lowest BCUT2D eigenvalue weighted by molar-refractivity contribution is -0.130. The summed E-state index contributed by atoms with van der Waals surface area (Å²) in [6.45, 7) is 7.83. The van der Waals surface area contributed by atoms with Crippen LogP contribution in [0.1, 0.15) is 45.2 Å². The van der Waals surface area contributed by atoms with E-state index in [1.54, 1.807) is 37.4 Å². The first-order chi connectivity index (χ1) is 17.9. The molecule has 2 aromatic carbocycles. The number of carbonyl (C=O) groups is 1. The van der Waals surface area contributed by atoms with Gasteiger partial charge in [0.2, 0.25) is 11.8 Å². The van der Waals surface area contributed by atoms with Crippen molar-refractivity contribution in [3.63, 3.8) is 0 Å². The van der Waals surface area contributed by atoms with Crippen LogP contribution in [0, 0.1) is 12.7 Å². The Morgan fingerprint density at radius 1 is 1.00 bits per heavy atom. The molecule has 0 radical (unpaired) electrons. The van der Waals surface area contributed by atoms with Crippen LogP contribution in [0.2, 0.25) is 0 Å². The third kappa shape index (κ3) is 5.93. The van der Waals surface area contributed by atoms with Gasteiger partial charge in [0.05, 0.1) is 24.6 Å². The molecule has 1 amide bonds. The topological polar surface area (TPSA) is 89.6 Å². The van der Waals surface area contributed by atoms with Gasteiger partial charge < -0.3 is 24.1 Å². The first-order valence-electron chi connectivity index (χ1n) is 12.6. The number of amides is 1. The molecule has 37 heavy (non-hydrogen) atoms. The van der Waals surface area contributed by atoms with E-state index in [1.807, 2.05) is 25.7 Å². The lowest BCUT2D eigenvalue weighted by atomic mass is 10.2. The summed E-state index contributed by atoms with van der Waals surface area (Å²) in [4.78, 5) is 25.7. The van der Waals surface area contributed by atoms with Crippen LogP contribution in [0.5, 0.6) is 23.1 Å². The number of benzene rings is 2. The third-order valence-electron chi connectivity index (χ3n) is 6.34. The summed E-state index contributed by atoms with van der Waals surface area (Å²) in [5.74, 6) is 1.08. The molecule has 0 fully saturated rings. The van der Waals surface area contributed by atoms with Crippen LogP contribution in [0.3, 0.4) is 0 Å². The highest BCUT2D eigenvalue weighted by Crippen LogP contribution is 2.37. The molecule has 0 aliphatic heterocycles. The van der Waals surface area contributed by atoms with Gasteiger partial charge in [0.1, 0.15) is 6.33 Å². The predicted octanol–water partition coefficient (Wildman–Crippen LogP) is 6.17. The summed E-state index contributed by atoms with van der Waals surface area (Å²) in [6, 6.07) is 8.59. The van der Waals surface area contributed by atoms with Gasteiger partial charge in [0, 0.05) is 42.2 Å². The van der Waals surface area contributed by atoms with Crippen molar-refractivity contribution >= 4 is 27.7 Å². The van der Waals surface area contributed by atoms with Crippen molar-refractivity contribution in [1.82, 2.24) is 19.9 Å². The van der Waals surface area contributed by atoms with Gasteiger partial charge in [-0.2, -0.15) is 0 Å². The van der Waals surface area contributed by atoms with Gasteiger partial charge >= 0.3 is 0 Å². The number of nitrogens with zero attached hydrogens (tertiary/aromatic N) is 3. The zero-order chi connectivity index (χ0) is 26.4. The molecule has 0 aliphatic carbocycles. The fraction of sp³-hybridized carbons (Fsp3) is 0.393. The second kappa shape index (κ2) is 11.9. The normalized spacial score (nSPS) is 11.2. The molecule has 8 nitrogen and oxygen atoms in total. The van der Waals surface area contributed by atoms with Crippen LogP contribution in [-0.4, -0.2) is 52.6 Å². The Balaban J connectivity index is 1.43. The molecule has 9 heteroatoms. The number of fused-ring (bicyclic) bond motifs is 2. The van der Waals surface area contributed by atoms with Gasteiger partial charge in [-0.1, -0.05) is 0 Å². The van der Waals surface area contributed by atoms with Gasteiger partial charge in [0.25, 0.3) is 0 Å². The van der Waals surface area contributed by atoms with Crippen molar-refractivity contribution in [1.29, 1.82) is 0 Å². The molecule has 0 aliphatic rings. The van der Waals surface area contributed by atoms with E-state index in [1.165, 1.54) is 6.33 Å². The molecule has 0 unspecified atom stereocenters. The van der Waals surface area contributed by atoms with Crippen molar-refractivity contribution in [2.75, 3.05) is 26.8 Å². The molecule has 4 rings (SSSR count). The summed E-state index contributed by atoms with van der Waals surface area (Å²) < 4.78 is 32.5. The first-order valence-corrected chi connectivity index (χ1v) is 12.6. The zero-order valence-corrected chi connectivity index (χ0v) is 21.8. The number of nitrogens with one attached hydrogen (secondary N) is 1. The van der Waals surface area contributed by atoms with Gasteiger partial charge in [-0.25, -0.2) is 14.4 Å². The second-order valence-electron chi connectivity index (χ2n) is 8.82. The molecule has 2 heterocycles. The number of aromatic nitrogens is 3. The predicted molar refractivity (Wildman–Crippen MR) is 141 cm³/mol. The van der Waals surface area contributed by atoms with E-state index in [0.29, 0.717) is 46.3 Å². The fourth-order valence-corrected chi connectivity index (χ4v) is 4.34. The number of carbonyl (C=O) groups excluding carboxylic acids is 1. The summed E-state index contributed by atoms with van der Waals surface area (Å²) in [6.07, 6.45) is 4.45. The molecule has 0 atom stereocenters. The molecule has 0 spiro atoms. The summed E-state index contributed by atoms with van der Waals surface area (Å²) in [5, 5.41) is 1.03. The van der Waals surface area contributed by atoms with E-state index in [9.17, 15) is 4.79 Å². The van der Waals surface area contributed by atoms with E-state index < -0.39 is 5.82 Å². The average Bonchev–Trinajstić information content (AvgIpc) is 3.29. The quantitative estimate of drug-likeness (QED) is 0.230. The Labute approximate surface area is 215 Å². The van der Waals surface area contributed by atoms with Crippen LogP contribution in [-0.2, 0) is 4.79 Å². The van der Waals surface area contributed by atoms with Crippen LogP contribution >= 0.6 is 0 Å². The van der Waals surface area contributed by atoms with Gasteiger partial charge in [-0.3, -0.25) is 4.79 Å². The number of rotatable bonds is 12. The largest absolute Gasteiger partial charge is 0.493 e. The first kappa shape index (κ1) is 26.2. The standard InChI is InChI=1S/C28H33FN4O4/c1-5-33(6-2)26(34)10-8-7-9-13-36-25-16-22-20(15-24(25)35-4)28(31-17-30-22)37-23-12-11-21-19(27(23)29)14-18(3)32-21/h11-12,14-17,32H,5-10,13H2,1-4H3.